The Morgan fingerprint density at radius 3 is 2.45 bits per heavy atom. The second kappa shape index (κ2) is 5.74. The predicted octanol–water partition coefficient (Wildman–Crippen LogP) is 4.35. The van der Waals surface area contributed by atoms with Crippen molar-refractivity contribution in [2.45, 2.75) is 44.8 Å². The second-order valence-electron chi connectivity index (χ2n) is 5.07. The van der Waals surface area contributed by atoms with Gasteiger partial charge in [0.25, 0.3) is 0 Å². The lowest BCUT2D eigenvalue weighted by Gasteiger charge is -2.31. The van der Waals surface area contributed by atoms with Crippen LogP contribution in [0.15, 0.2) is 18.2 Å². The van der Waals surface area contributed by atoms with Gasteiger partial charge in [-0.25, -0.2) is 0 Å². The lowest BCUT2D eigenvalue weighted by atomic mass is 10.1. The topological polar surface area (TPSA) is 27.0 Å². The van der Waals surface area contributed by atoms with Crippen LogP contribution in [-0.2, 0) is 6.18 Å². The van der Waals surface area contributed by atoms with Crippen molar-refractivity contribution in [3.8, 4) is 6.07 Å². The molecule has 1 aromatic rings. The number of hydrogen-bond donors (Lipinski definition) is 0. The maximum atomic E-state index is 12.7. The van der Waals surface area contributed by atoms with Crippen LogP contribution >= 0.6 is 0 Å². The number of alkyl halides is 3. The molecule has 0 amide bonds. The predicted molar refractivity (Wildman–Crippen MR) is 71.4 cm³/mol. The Kier molecular flexibility index (Phi) is 4.22. The lowest BCUT2D eigenvalue weighted by molar-refractivity contribution is -0.137. The highest BCUT2D eigenvalue weighted by Gasteiger charge is 2.32. The van der Waals surface area contributed by atoms with Crippen LogP contribution in [0.4, 0.5) is 18.9 Å². The fraction of sp³-hybridized carbons (Fsp3) is 0.533. The summed E-state index contributed by atoms with van der Waals surface area (Å²) in [5.74, 6) is 0. The van der Waals surface area contributed by atoms with Gasteiger partial charge >= 0.3 is 6.18 Å². The van der Waals surface area contributed by atoms with E-state index in [0.717, 1.165) is 37.8 Å². The number of halogens is 3. The molecule has 0 bridgehead atoms. The van der Waals surface area contributed by atoms with Crippen molar-refractivity contribution >= 4 is 5.69 Å². The van der Waals surface area contributed by atoms with E-state index in [0.29, 0.717) is 18.3 Å². The quantitative estimate of drug-likeness (QED) is 0.824. The number of nitriles is 1. The van der Waals surface area contributed by atoms with Gasteiger partial charge in [0, 0.05) is 12.6 Å². The number of benzene rings is 1. The fourth-order valence-electron chi connectivity index (χ4n) is 2.89. The van der Waals surface area contributed by atoms with E-state index in [1.165, 1.54) is 6.07 Å². The van der Waals surface area contributed by atoms with Crippen molar-refractivity contribution in [3.05, 3.63) is 29.3 Å². The Labute approximate surface area is 116 Å². The van der Waals surface area contributed by atoms with Gasteiger partial charge in [-0.15, -0.1) is 0 Å². The third-order valence-electron chi connectivity index (χ3n) is 3.86. The van der Waals surface area contributed by atoms with Gasteiger partial charge in [-0.3, -0.25) is 0 Å². The molecule has 0 N–H and O–H groups in total. The van der Waals surface area contributed by atoms with Gasteiger partial charge in [0.15, 0.2) is 0 Å². The molecular weight excluding hydrogens is 265 g/mol. The molecule has 0 unspecified atom stereocenters. The van der Waals surface area contributed by atoms with Crippen molar-refractivity contribution in [3.63, 3.8) is 0 Å². The van der Waals surface area contributed by atoms with Gasteiger partial charge in [0.05, 0.1) is 16.8 Å². The summed E-state index contributed by atoms with van der Waals surface area (Å²) in [5, 5.41) is 9.15. The standard InChI is InChI=1S/C15H17F3N2/c1-2-20(13-5-3-4-6-13)14-8-7-12(15(16,17)18)9-11(14)10-19/h7-9,13H,2-6H2,1H3. The Hall–Kier alpha value is -1.70. The zero-order valence-electron chi connectivity index (χ0n) is 11.4. The molecule has 0 atom stereocenters. The molecule has 0 saturated heterocycles. The molecule has 1 saturated carbocycles. The van der Waals surface area contributed by atoms with Gasteiger partial charge in [0.2, 0.25) is 0 Å². The van der Waals surface area contributed by atoms with Crippen LogP contribution in [0.2, 0.25) is 0 Å². The van der Waals surface area contributed by atoms with Crippen LogP contribution in [0.5, 0.6) is 0 Å². The summed E-state index contributed by atoms with van der Waals surface area (Å²) in [5.41, 5.74) is -0.0382. The summed E-state index contributed by atoms with van der Waals surface area (Å²) in [6.07, 6.45) is -0.0403. The van der Waals surface area contributed by atoms with Crippen LogP contribution in [0, 0.1) is 11.3 Å². The Balaban J connectivity index is 2.38. The van der Waals surface area contributed by atoms with Gasteiger partial charge in [0.1, 0.15) is 6.07 Å². The molecule has 1 fully saturated rings. The molecule has 2 nitrogen and oxygen atoms in total. The van der Waals surface area contributed by atoms with Crippen molar-refractivity contribution < 1.29 is 13.2 Å². The minimum Gasteiger partial charge on any atom is -0.368 e. The largest absolute Gasteiger partial charge is 0.416 e. The van der Waals surface area contributed by atoms with E-state index in [2.05, 4.69) is 4.90 Å². The van der Waals surface area contributed by atoms with Crippen molar-refractivity contribution in [2.75, 3.05) is 11.4 Å². The minimum absolute atomic E-state index is 0.105. The van der Waals surface area contributed by atoms with Crippen LogP contribution in [0.1, 0.15) is 43.7 Å². The van der Waals surface area contributed by atoms with E-state index < -0.39 is 11.7 Å². The minimum atomic E-state index is -4.41. The normalized spacial score (nSPS) is 16.1. The zero-order chi connectivity index (χ0) is 14.8. The monoisotopic (exact) mass is 282 g/mol. The molecule has 0 radical (unpaired) electrons. The molecule has 1 aliphatic rings. The highest BCUT2D eigenvalue weighted by Crippen LogP contribution is 2.35. The Morgan fingerprint density at radius 2 is 1.95 bits per heavy atom. The van der Waals surface area contributed by atoms with E-state index >= 15 is 0 Å². The molecule has 5 heteroatoms. The first-order chi connectivity index (χ1) is 9.47. The van der Waals surface area contributed by atoms with E-state index in [9.17, 15) is 13.2 Å². The summed E-state index contributed by atoms with van der Waals surface area (Å²) < 4.78 is 38.1. The lowest BCUT2D eigenvalue weighted by Crippen LogP contribution is -2.33. The first-order valence-corrected chi connectivity index (χ1v) is 6.85. The fourth-order valence-corrected chi connectivity index (χ4v) is 2.89. The van der Waals surface area contributed by atoms with Gasteiger partial charge in [-0.05, 0) is 38.0 Å². The number of nitrogens with zero attached hydrogens (tertiary/aromatic N) is 2. The van der Waals surface area contributed by atoms with Crippen LogP contribution in [0.3, 0.4) is 0 Å². The first kappa shape index (κ1) is 14.7. The molecule has 1 aliphatic carbocycles. The van der Waals surface area contributed by atoms with Crippen LogP contribution < -0.4 is 4.90 Å². The SMILES string of the molecule is CCN(c1ccc(C(F)(F)F)cc1C#N)C1CCCC1. The van der Waals surface area contributed by atoms with E-state index in [-0.39, 0.29) is 5.56 Å². The Morgan fingerprint density at radius 1 is 1.30 bits per heavy atom. The summed E-state index contributed by atoms with van der Waals surface area (Å²) in [6.45, 7) is 2.67. The molecule has 0 heterocycles. The molecule has 1 aromatic carbocycles. The average Bonchev–Trinajstić information content (AvgIpc) is 2.92. The van der Waals surface area contributed by atoms with Gasteiger partial charge < -0.3 is 4.90 Å². The third kappa shape index (κ3) is 2.90. The van der Waals surface area contributed by atoms with Crippen molar-refractivity contribution in [1.29, 1.82) is 5.26 Å². The number of rotatable bonds is 3. The first-order valence-electron chi connectivity index (χ1n) is 6.85. The summed E-state index contributed by atoms with van der Waals surface area (Å²) in [6, 6.07) is 5.69. The van der Waals surface area contributed by atoms with Crippen molar-refractivity contribution in [2.24, 2.45) is 0 Å². The van der Waals surface area contributed by atoms with Gasteiger partial charge in [-0.2, -0.15) is 18.4 Å². The molecular formula is C15H17F3N2. The smallest absolute Gasteiger partial charge is 0.368 e. The average molecular weight is 282 g/mol. The second-order valence-corrected chi connectivity index (χ2v) is 5.07. The maximum absolute atomic E-state index is 12.7. The maximum Gasteiger partial charge on any atom is 0.416 e. The molecule has 108 valence electrons. The number of anilines is 1. The molecule has 0 aromatic heterocycles. The highest BCUT2D eigenvalue weighted by molar-refractivity contribution is 5.61. The molecule has 20 heavy (non-hydrogen) atoms. The molecule has 0 spiro atoms. The molecule has 2 rings (SSSR count). The zero-order valence-corrected chi connectivity index (χ0v) is 11.4. The Bertz CT molecular complexity index is 511. The van der Waals surface area contributed by atoms with E-state index in [1.807, 2.05) is 13.0 Å². The summed E-state index contributed by atoms with van der Waals surface area (Å²) in [7, 11) is 0. The van der Waals surface area contributed by atoms with Gasteiger partial charge in [-0.1, -0.05) is 12.8 Å². The third-order valence-corrected chi connectivity index (χ3v) is 3.86. The van der Waals surface area contributed by atoms with E-state index in [1.54, 1.807) is 0 Å². The van der Waals surface area contributed by atoms with Crippen molar-refractivity contribution in [1.82, 2.24) is 0 Å². The highest BCUT2D eigenvalue weighted by atomic mass is 19.4. The van der Waals surface area contributed by atoms with Crippen LogP contribution in [-0.4, -0.2) is 12.6 Å². The summed E-state index contributed by atoms with van der Waals surface area (Å²) in [4.78, 5) is 2.06. The van der Waals surface area contributed by atoms with Crippen LogP contribution in [0.25, 0.3) is 0 Å². The summed E-state index contributed by atoms with van der Waals surface area (Å²) >= 11 is 0. The number of hydrogen-bond acceptors (Lipinski definition) is 2. The van der Waals surface area contributed by atoms with E-state index in [4.69, 9.17) is 5.26 Å². The molecule has 0 aliphatic heterocycles.